The largest absolute Gasteiger partial charge is 0.491 e. The zero-order valence-electron chi connectivity index (χ0n) is 20.3. The number of hydrogen-bond acceptors (Lipinski definition) is 8. The molecule has 0 saturated heterocycles. The molecule has 0 bridgehead atoms. The molecule has 1 aromatic carbocycles. The zero-order valence-corrected chi connectivity index (χ0v) is 20.3. The van der Waals surface area contributed by atoms with Gasteiger partial charge in [-0.15, -0.1) is 0 Å². The summed E-state index contributed by atoms with van der Waals surface area (Å²) >= 11 is 0. The molecule has 10 heteroatoms. The highest BCUT2D eigenvalue weighted by molar-refractivity contribution is 5.89. The smallest absolute Gasteiger partial charge is 0.321 e. The van der Waals surface area contributed by atoms with Crippen LogP contribution in [0.4, 0.5) is 22.1 Å². The van der Waals surface area contributed by atoms with E-state index in [2.05, 4.69) is 27.5 Å². The molecule has 182 valence electrons. The first-order valence-corrected chi connectivity index (χ1v) is 11.2. The number of amides is 2. The molecular weight excluding hydrogens is 422 g/mol. The minimum Gasteiger partial charge on any atom is -0.491 e. The molecule has 0 fully saturated rings. The van der Waals surface area contributed by atoms with Crippen molar-refractivity contribution in [3.05, 3.63) is 36.2 Å². The summed E-state index contributed by atoms with van der Waals surface area (Å²) in [6, 6.07) is 7.28. The van der Waals surface area contributed by atoms with Gasteiger partial charge in [0.05, 0.1) is 25.3 Å². The number of hydroxylamine groups is 2. The van der Waals surface area contributed by atoms with E-state index in [9.17, 15) is 4.79 Å². The number of nitrogens with two attached hydrogens (primary N) is 1. The van der Waals surface area contributed by atoms with Crippen LogP contribution >= 0.6 is 0 Å². The molecule has 2 rings (SSSR count). The fraction of sp³-hybridized carbons (Fsp3) is 0.522. The predicted octanol–water partition coefficient (Wildman–Crippen LogP) is 3.59. The molecule has 1 aromatic heterocycles. The van der Waals surface area contributed by atoms with Crippen LogP contribution < -0.4 is 21.1 Å². The third kappa shape index (κ3) is 8.74. The summed E-state index contributed by atoms with van der Waals surface area (Å²) in [4.78, 5) is 28.2. The predicted molar refractivity (Wildman–Crippen MR) is 131 cm³/mol. The first kappa shape index (κ1) is 26.1. The number of aromatic nitrogens is 2. The van der Waals surface area contributed by atoms with E-state index in [1.54, 1.807) is 12.2 Å². The van der Waals surface area contributed by atoms with Crippen molar-refractivity contribution >= 4 is 23.4 Å². The molecule has 0 aliphatic carbocycles. The fourth-order valence-corrected chi connectivity index (χ4v) is 3.17. The van der Waals surface area contributed by atoms with Gasteiger partial charge in [0.1, 0.15) is 23.7 Å². The Morgan fingerprint density at radius 2 is 1.91 bits per heavy atom. The lowest BCUT2D eigenvalue weighted by Crippen LogP contribution is -2.37. The summed E-state index contributed by atoms with van der Waals surface area (Å²) in [6.45, 7) is 8.38. The Hall–Kier alpha value is -3.11. The van der Waals surface area contributed by atoms with Crippen LogP contribution in [0.2, 0.25) is 0 Å². The number of nitrogen functional groups attached to an aromatic ring is 1. The van der Waals surface area contributed by atoms with Gasteiger partial charge in [-0.2, -0.15) is 5.06 Å². The van der Waals surface area contributed by atoms with Crippen molar-refractivity contribution in [3.63, 3.8) is 0 Å². The molecule has 0 aliphatic heterocycles. The second kappa shape index (κ2) is 13.4. The lowest BCUT2D eigenvalue weighted by molar-refractivity contribution is -0.116. The number of hydrogen-bond donors (Lipinski definition) is 3. The van der Waals surface area contributed by atoms with Crippen molar-refractivity contribution in [2.24, 2.45) is 0 Å². The van der Waals surface area contributed by atoms with Gasteiger partial charge >= 0.3 is 6.03 Å². The standard InChI is InChI=1S/C23H37N7O3/c1-6-13-30(23(31)28-18-8-10-19(11-9-18)33-17(2)3)14-7-12-25-22-20(15-29(4)32-5)21(24)26-16-27-22/h8-11,16-17H,6-7,12-15H2,1-5H3,(H,28,31)(H3,24,25,26,27). The molecule has 4 N–H and O–H groups in total. The van der Waals surface area contributed by atoms with Gasteiger partial charge in [-0.3, -0.25) is 0 Å². The number of benzene rings is 1. The van der Waals surface area contributed by atoms with Gasteiger partial charge in [0.15, 0.2) is 0 Å². The number of nitrogens with one attached hydrogen (secondary N) is 2. The topological polar surface area (TPSA) is 118 Å². The zero-order chi connectivity index (χ0) is 24.2. The number of nitrogens with zero attached hydrogens (tertiary/aromatic N) is 4. The van der Waals surface area contributed by atoms with E-state index in [0.717, 1.165) is 29.8 Å². The Labute approximate surface area is 196 Å². The summed E-state index contributed by atoms with van der Waals surface area (Å²) in [7, 11) is 3.40. The number of rotatable bonds is 13. The summed E-state index contributed by atoms with van der Waals surface area (Å²) in [5.74, 6) is 1.86. The van der Waals surface area contributed by atoms with E-state index < -0.39 is 0 Å². The molecule has 0 saturated carbocycles. The quantitative estimate of drug-likeness (QED) is 0.307. The third-order valence-electron chi connectivity index (χ3n) is 4.83. The maximum absolute atomic E-state index is 12.8. The molecular formula is C23H37N7O3. The van der Waals surface area contributed by atoms with Gasteiger partial charge in [0.2, 0.25) is 0 Å². The highest BCUT2D eigenvalue weighted by Gasteiger charge is 2.14. The van der Waals surface area contributed by atoms with Gasteiger partial charge in [-0.1, -0.05) is 6.92 Å². The Kier molecular flexibility index (Phi) is 10.6. The highest BCUT2D eigenvalue weighted by Crippen LogP contribution is 2.19. The SMILES string of the molecule is CCCN(CCCNc1ncnc(N)c1CN(C)OC)C(=O)Nc1ccc(OC(C)C)cc1. The van der Waals surface area contributed by atoms with E-state index in [1.165, 1.54) is 6.33 Å². The Morgan fingerprint density at radius 1 is 1.18 bits per heavy atom. The second-order valence-electron chi connectivity index (χ2n) is 7.94. The van der Waals surface area contributed by atoms with Gasteiger partial charge in [0.25, 0.3) is 0 Å². The van der Waals surface area contributed by atoms with Crippen LogP contribution in [0.25, 0.3) is 0 Å². The minimum atomic E-state index is -0.122. The van der Waals surface area contributed by atoms with Crippen LogP contribution in [0.3, 0.4) is 0 Å². The fourth-order valence-electron chi connectivity index (χ4n) is 3.17. The second-order valence-corrected chi connectivity index (χ2v) is 7.94. The van der Waals surface area contributed by atoms with Crippen molar-refractivity contribution in [1.29, 1.82) is 0 Å². The molecule has 0 aliphatic rings. The monoisotopic (exact) mass is 459 g/mol. The number of anilines is 3. The van der Waals surface area contributed by atoms with E-state index in [-0.39, 0.29) is 12.1 Å². The molecule has 0 unspecified atom stereocenters. The number of urea groups is 1. The molecule has 2 aromatic rings. The van der Waals surface area contributed by atoms with Crippen molar-refractivity contribution in [1.82, 2.24) is 19.9 Å². The molecule has 2 amide bonds. The van der Waals surface area contributed by atoms with Crippen LogP contribution in [0.5, 0.6) is 5.75 Å². The number of carbonyl (C=O) groups excluding carboxylic acids is 1. The summed E-state index contributed by atoms with van der Waals surface area (Å²) < 4.78 is 5.65. The van der Waals surface area contributed by atoms with E-state index in [4.69, 9.17) is 15.3 Å². The van der Waals surface area contributed by atoms with Crippen molar-refractivity contribution in [3.8, 4) is 5.75 Å². The van der Waals surface area contributed by atoms with Crippen LogP contribution in [0, 0.1) is 0 Å². The maximum Gasteiger partial charge on any atom is 0.321 e. The lowest BCUT2D eigenvalue weighted by Gasteiger charge is -2.23. The van der Waals surface area contributed by atoms with Gasteiger partial charge in [0, 0.05) is 32.4 Å². The Morgan fingerprint density at radius 3 is 2.55 bits per heavy atom. The third-order valence-corrected chi connectivity index (χ3v) is 4.83. The van der Waals surface area contributed by atoms with Crippen LogP contribution in [0.1, 0.15) is 39.2 Å². The van der Waals surface area contributed by atoms with Crippen LogP contribution in [-0.4, -0.2) is 65.9 Å². The van der Waals surface area contributed by atoms with Crippen molar-refractivity contribution in [2.75, 3.05) is 50.2 Å². The normalized spacial score (nSPS) is 11.0. The maximum atomic E-state index is 12.8. The van der Waals surface area contributed by atoms with E-state index in [1.807, 2.05) is 50.1 Å². The van der Waals surface area contributed by atoms with Crippen LogP contribution in [-0.2, 0) is 11.4 Å². The van der Waals surface area contributed by atoms with E-state index in [0.29, 0.717) is 37.8 Å². The van der Waals surface area contributed by atoms with Crippen LogP contribution in [0.15, 0.2) is 30.6 Å². The van der Waals surface area contributed by atoms with Crippen molar-refractivity contribution in [2.45, 2.75) is 46.3 Å². The lowest BCUT2D eigenvalue weighted by atomic mass is 10.2. The molecule has 1 heterocycles. The summed E-state index contributed by atoms with van der Waals surface area (Å²) in [5.41, 5.74) is 7.53. The molecule has 0 radical (unpaired) electrons. The van der Waals surface area contributed by atoms with Gasteiger partial charge in [-0.05, 0) is 51.0 Å². The number of carbonyl (C=O) groups is 1. The molecule has 33 heavy (non-hydrogen) atoms. The Balaban J connectivity index is 1.89. The van der Waals surface area contributed by atoms with E-state index >= 15 is 0 Å². The highest BCUT2D eigenvalue weighted by atomic mass is 16.7. The molecule has 0 spiro atoms. The van der Waals surface area contributed by atoms with Crippen molar-refractivity contribution < 1.29 is 14.4 Å². The Bertz CT molecular complexity index is 862. The average Bonchev–Trinajstić information content (AvgIpc) is 2.78. The van der Waals surface area contributed by atoms with Gasteiger partial charge < -0.3 is 30.8 Å². The van der Waals surface area contributed by atoms with Gasteiger partial charge in [-0.25, -0.2) is 14.8 Å². The first-order chi connectivity index (χ1) is 15.8. The molecule has 10 nitrogen and oxygen atoms in total. The summed E-state index contributed by atoms with van der Waals surface area (Å²) in [6.07, 6.45) is 3.16. The first-order valence-electron chi connectivity index (χ1n) is 11.2. The number of ether oxygens (including phenoxy) is 1. The average molecular weight is 460 g/mol. The minimum absolute atomic E-state index is 0.106. The summed E-state index contributed by atoms with van der Waals surface area (Å²) in [5, 5.41) is 7.92. The molecule has 0 atom stereocenters.